The molecule has 1 fully saturated rings. The van der Waals surface area contributed by atoms with Gasteiger partial charge in [-0.05, 0) is 6.92 Å². The Morgan fingerprint density at radius 2 is 2.14 bits per heavy atom. The molecule has 1 saturated heterocycles. The van der Waals surface area contributed by atoms with Crippen molar-refractivity contribution >= 4 is 5.97 Å². The van der Waals surface area contributed by atoms with Crippen LogP contribution in [0.3, 0.4) is 0 Å². The minimum absolute atomic E-state index is 0.219. The van der Waals surface area contributed by atoms with E-state index in [1.165, 1.54) is 0 Å². The van der Waals surface area contributed by atoms with Crippen LogP contribution in [0.25, 0.3) is 0 Å². The number of aliphatic hydroxyl groups excluding tert-OH is 2. The van der Waals surface area contributed by atoms with Crippen molar-refractivity contribution in [3.05, 3.63) is 11.5 Å². The zero-order valence-electron chi connectivity index (χ0n) is 7.47. The summed E-state index contributed by atoms with van der Waals surface area (Å²) in [7, 11) is 0. The maximum absolute atomic E-state index is 10.8. The van der Waals surface area contributed by atoms with Crippen LogP contribution in [0.2, 0.25) is 0 Å². The highest BCUT2D eigenvalue weighted by Gasteiger charge is 2.43. The standard InChI is InChI=1S/C8H10O6/c1-3-12-2-4(13-3)7-5(9)6(10)8(11)14-7/h3-4,7,9-10H,2H2,1H3/t3-,4+,7-/m1/s1. The molecule has 2 heterocycles. The van der Waals surface area contributed by atoms with E-state index in [-0.39, 0.29) is 6.61 Å². The summed E-state index contributed by atoms with van der Waals surface area (Å²) < 4.78 is 15.0. The highest BCUT2D eigenvalue weighted by molar-refractivity contribution is 5.89. The lowest BCUT2D eigenvalue weighted by Crippen LogP contribution is -2.30. The normalized spacial score (nSPS) is 37.8. The van der Waals surface area contributed by atoms with E-state index >= 15 is 0 Å². The van der Waals surface area contributed by atoms with Crippen molar-refractivity contribution < 1.29 is 29.2 Å². The van der Waals surface area contributed by atoms with Gasteiger partial charge in [-0.2, -0.15) is 0 Å². The van der Waals surface area contributed by atoms with Crippen molar-refractivity contribution in [3.8, 4) is 0 Å². The van der Waals surface area contributed by atoms with Crippen LogP contribution in [0.1, 0.15) is 6.92 Å². The van der Waals surface area contributed by atoms with E-state index in [9.17, 15) is 9.90 Å². The van der Waals surface area contributed by atoms with Gasteiger partial charge >= 0.3 is 5.97 Å². The molecule has 6 heteroatoms. The van der Waals surface area contributed by atoms with Gasteiger partial charge in [0.2, 0.25) is 5.76 Å². The number of esters is 1. The van der Waals surface area contributed by atoms with Crippen molar-refractivity contribution in [1.82, 2.24) is 0 Å². The van der Waals surface area contributed by atoms with Gasteiger partial charge in [0.25, 0.3) is 0 Å². The fraction of sp³-hybridized carbons (Fsp3) is 0.625. The van der Waals surface area contributed by atoms with Crippen molar-refractivity contribution in [1.29, 1.82) is 0 Å². The summed E-state index contributed by atoms with van der Waals surface area (Å²) in [6, 6.07) is 0. The Kier molecular flexibility index (Phi) is 2.09. The van der Waals surface area contributed by atoms with Crippen LogP contribution in [0.4, 0.5) is 0 Å². The molecular weight excluding hydrogens is 192 g/mol. The molecule has 0 spiro atoms. The Hall–Kier alpha value is -1.27. The van der Waals surface area contributed by atoms with Gasteiger partial charge in [0.1, 0.15) is 6.10 Å². The number of hydrogen-bond acceptors (Lipinski definition) is 6. The van der Waals surface area contributed by atoms with E-state index in [0.29, 0.717) is 0 Å². The molecule has 0 unspecified atom stereocenters. The minimum Gasteiger partial charge on any atom is -0.505 e. The predicted molar refractivity (Wildman–Crippen MR) is 42.5 cm³/mol. The average Bonchev–Trinajstić information content (AvgIpc) is 2.66. The zero-order valence-corrected chi connectivity index (χ0v) is 7.47. The fourth-order valence-electron chi connectivity index (χ4n) is 1.43. The first kappa shape index (κ1) is 9.29. The van der Waals surface area contributed by atoms with E-state index in [4.69, 9.17) is 19.3 Å². The maximum Gasteiger partial charge on any atom is 0.377 e. The number of rotatable bonds is 1. The molecule has 2 aliphatic heterocycles. The molecule has 0 bridgehead atoms. The third-order valence-electron chi connectivity index (χ3n) is 2.14. The van der Waals surface area contributed by atoms with E-state index in [2.05, 4.69) is 0 Å². The van der Waals surface area contributed by atoms with Crippen molar-refractivity contribution in [2.24, 2.45) is 0 Å². The molecule has 78 valence electrons. The van der Waals surface area contributed by atoms with E-state index in [1.54, 1.807) is 6.92 Å². The Morgan fingerprint density at radius 1 is 1.43 bits per heavy atom. The number of aliphatic hydroxyl groups is 2. The third-order valence-corrected chi connectivity index (χ3v) is 2.14. The number of cyclic esters (lactones) is 1. The van der Waals surface area contributed by atoms with Crippen molar-refractivity contribution in [2.45, 2.75) is 25.4 Å². The molecule has 14 heavy (non-hydrogen) atoms. The Balaban J connectivity index is 2.11. The first-order valence-corrected chi connectivity index (χ1v) is 4.19. The number of carbonyl (C=O) groups is 1. The molecule has 6 nitrogen and oxygen atoms in total. The first-order valence-electron chi connectivity index (χ1n) is 4.19. The zero-order chi connectivity index (χ0) is 10.3. The Morgan fingerprint density at radius 3 is 2.57 bits per heavy atom. The number of ether oxygens (including phenoxy) is 3. The summed E-state index contributed by atoms with van der Waals surface area (Å²) in [6.45, 7) is 1.91. The van der Waals surface area contributed by atoms with Gasteiger partial charge < -0.3 is 24.4 Å². The largest absolute Gasteiger partial charge is 0.505 e. The molecule has 2 aliphatic rings. The monoisotopic (exact) mass is 202 g/mol. The van der Waals surface area contributed by atoms with Crippen LogP contribution in [0.15, 0.2) is 11.5 Å². The molecule has 2 N–H and O–H groups in total. The van der Waals surface area contributed by atoms with Gasteiger partial charge in [0, 0.05) is 0 Å². The van der Waals surface area contributed by atoms with E-state index in [1.807, 2.05) is 0 Å². The summed E-state index contributed by atoms with van der Waals surface area (Å²) in [4.78, 5) is 10.8. The molecule has 0 radical (unpaired) electrons. The van der Waals surface area contributed by atoms with E-state index < -0.39 is 36.0 Å². The Bertz CT molecular complexity index is 296. The van der Waals surface area contributed by atoms with Gasteiger partial charge in [-0.3, -0.25) is 0 Å². The quantitative estimate of drug-likeness (QED) is 0.582. The summed E-state index contributed by atoms with van der Waals surface area (Å²) >= 11 is 0. The van der Waals surface area contributed by atoms with Crippen molar-refractivity contribution in [2.75, 3.05) is 6.61 Å². The first-order chi connectivity index (χ1) is 6.59. The maximum atomic E-state index is 10.8. The molecule has 0 aromatic heterocycles. The minimum atomic E-state index is -0.951. The van der Waals surface area contributed by atoms with Gasteiger partial charge in [-0.15, -0.1) is 0 Å². The topological polar surface area (TPSA) is 85.2 Å². The summed E-state index contributed by atoms with van der Waals surface area (Å²) in [6.07, 6.45) is -1.90. The summed E-state index contributed by atoms with van der Waals surface area (Å²) in [5, 5.41) is 18.3. The summed E-state index contributed by atoms with van der Waals surface area (Å²) in [5.41, 5.74) is 0. The number of hydrogen-bond donors (Lipinski definition) is 2. The van der Waals surface area contributed by atoms with Gasteiger partial charge in [0.15, 0.2) is 18.2 Å². The SMILES string of the molecule is C[C@@H]1OC[C@@H]([C@H]2OC(=O)C(O)=C2O)O1. The lowest BCUT2D eigenvalue weighted by Gasteiger charge is -2.15. The van der Waals surface area contributed by atoms with Crippen LogP contribution in [-0.4, -0.2) is 41.3 Å². The second-order valence-electron chi connectivity index (χ2n) is 3.14. The highest BCUT2D eigenvalue weighted by atomic mass is 16.7. The van der Waals surface area contributed by atoms with Crippen LogP contribution in [0, 0.1) is 0 Å². The second-order valence-corrected chi connectivity index (χ2v) is 3.14. The molecule has 2 rings (SSSR count). The van der Waals surface area contributed by atoms with E-state index in [0.717, 1.165) is 0 Å². The van der Waals surface area contributed by atoms with Crippen LogP contribution >= 0.6 is 0 Å². The van der Waals surface area contributed by atoms with Gasteiger partial charge in [-0.25, -0.2) is 4.79 Å². The highest BCUT2D eigenvalue weighted by Crippen LogP contribution is 2.26. The molecular formula is C8H10O6. The van der Waals surface area contributed by atoms with Crippen molar-refractivity contribution in [3.63, 3.8) is 0 Å². The molecule has 0 aromatic carbocycles. The molecule has 0 amide bonds. The molecule has 3 atom stereocenters. The second kappa shape index (κ2) is 3.14. The van der Waals surface area contributed by atoms with Gasteiger partial charge in [0.05, 0.1) is 6.61 Å². The molecule has 0 aliphatic carbocycles. The average molecular weight is 202 g/mol. The molecule has 0 aromatic rings. The molecule has 0 saturated carbocycles. The third kappa shape index (κ3) is 1.32. The smallest absolute Gasteiger partial charge is 0.377 e. The van der Waals surface area contributed by atoms with Gasteiger partial charge in [-0.1, -0.05) is 0 Å². The van der Waals surface area contributed by atoms with Crippen LogP contribution in [0.5, 0.6) is 0 Å². The Labute approximate surface area is 79.7 Å². The van der Waals surface area contributed by atoms with Crippen LogP contribution < -0.4 is 0 Å². The number of carbonyl (C=O) groups excluding carboxylic acids is 1. The van der Waals surface area contributed by atoms with Crippen LogP contribution in [-0.2, 0) is 19.0 Å². The lowest BCUT2D eigenvalue weighted by molar-refractivity contribution is -0.148. The summed E-state index contributed by atoms with van der Waals surface area (Å²) in [5.74, 6) is -2.17. The predicted octanol–water partition coefficient (Wildman–Crippen LogP) is 0.000800. The lowest BCUT2D eigenvalue weighted by atomic mass is 10.2. The fourth-order valence-corrected chi connectivity index (χ4v) is 1.43.